The number of amides is 3. The van der Waals surface area contributed by atoms with Crippen molar-refractivity contribution in [2.24, 2.45) is 11.8 Å². The molecule has 1 aliphatic heterocycles. The number of rotatable bonds is 19. The molecule has 10 nitrogen and oxygen atoms in total. The maximum Gasteiger partial charge on any atom is 0.294 e. The zero-order valence-corrected chi connectivity index (χ0v) is 30.3. The van der Waals surface area contributed by atoms with Gasteiger partial charge in [0.05, 0.1) is 12.6 Å². The van der Waals surface area contributed by atoms with Gasteiger partial charge in [-0.1, -0.05) is 84.7 Å². The van der Waals surface area contributed by atoms with Gasteiger partial charge in [0.2, 0.25) is 11.8 Å². The number of hydrogen-bond donors (Lipinski definition) is 2. The van der Waals surface area contributed by atoms with Crippen molar-refractivity contribution in [3.8, 4) is 0 Å². The smallest absolute Gasteiger partial charge is 0.294 e. The van der Waals surface area contributed by atoms with E-state index in [0.717, 1.165) is 50.6 Å². The van der Waals surface area contributed by atoms with E-state index in [-0.39, 0.29) is 48.0 Å². The standard InChI is InChI=1S/C36H57N5O5S/c1-8-19-41(36(44)32(26(6)10-3)38-34(43)29-18-14-15-20-40(29)7)30(25(4)5)22-31(45-21-9-2)35-37-28(24-47-35)33(42)39-46-23-27-16-12-11-13-17-27/h11-13,16-17,24-26,29-32H,8-10,14-15,18-23H2,1-7H3,(H,38,43)(H,39,42)/t26-,29+,30+,31+,32-/m0/s1. The van der Waals surface area contributed by atoms with E-state index in [1.807, 2.05) is 49.2 Å². The summed E-state index contributed by atoms with van der Waals surface area (Å²) in [4.78, 5) is 55.0. The molecule has 0 saturated carbocycles. The molecule has 1 aliphatic rings. The van der Waals surface area contributed by atoms with Crippen molar-refractivity contribution in [3.05, 3.63) is 52.0 Å². The molecule has 2 N–H and O–H groups in total. The monoisotopic (exact) mass is 671 g/mol. The fraction of sp³-hybridized carbons (Fsp3) is 0.667. The van der Waals surface area contributed by atoms with Crippen LogP contribution in [-0.2, 0) is 25.8 Å². The van der Waals surface area contributed by atoms with Gasteiger partial charge in [0.1, 0.15) is 22.8 Å². The fourth-order valence-corrected chi connectivity index (χ4v) is 6.89. The van der Waals surface area contributed by atoms with Crippen LogP contribution in [-0.4, -0.2) is 77.4 Å². The molecule has 11 heteroatoms. The summed E-state index contributed by atoms with van der Waals surface area (Å²) >= 11 is 1.38. The first-order chi connectivity index (χ1) is 22.6. The van der Waals surface area contributed by atoms with Gasteiger partial charge in [-0.2, -0.15) is 0 Å². The zero-order chi connectivity index (χ0) is 34.3. The largest absolute Gasteiger partial charge is 0.371 e. The Morgan fingerprint density at radius 1 is 1.09 bits per heavy atom. The first-order valence-corrected chi connectivity index (χ1v) is 18.3. The van der Waals surface area contributed by atoms with Crippen LogP contribution in [0.25, 0.3) is 0 Å². The Labute approximate surface area is 285 Å². The lowest BCUT2D eigenvalue weighted by molar-refractivity contribution is -0.143. The number of carbonyl (C=O) groups excluding carboxylic acids is 3. The van der Waals surface area contributed by atoms with Crippen LogP contribution in [0.15, 0.2) is 35.7 Å². The highest BCUT2D eigenvalue weighted by molar-refractivity contribution is 7.09. The number of likely N-dealkylation sites (tertiary alicyclic amines) is 1. The highest BCUT2D eigenvalue weighted by atomic mass is 32.1. The summed E-state index contributed by atoms with van der Waals surface area (Å²) < 4.78 is 6.35. The van der Waals surface area contributed by atoms with Crippen LogP contribution in [0.5, 0.6) is 0 Å². The Bertz CT molecular complexity index is 1240. The van der Waals surface area contributed by atoms with Gasteiger partial charge in [0.25, 0.3) is 5.91 Å². The Kier molecular flexibility index (Phi) is 16.3. The summed E-state index contributed by atoms with van der Waals surface area (Å²) in [6.45, 7) is 14.7. The minimum atomic E-state index is -0.614. The Morgan fingerprint density at radius 2 is 1.83 bits per heavy atom. The van der Waals surface area contributed by atoms with E-state index < -0.39 is 18.1 Å². The third-order valence-corrected chi connectivity index (χ3v) is 9.96. The summed E-state index contributed by atoms with van der Waals surface area (Å²) in [6, 6.07) is 8.62. The van der Waals surface area contributed by atoms with Gasteiger partial charge in [-0.3, -0.25) is 24.1 Å². The van der Waals surface area contributed by atoms with Crippen LogP contribution in [0.2, 0.25) is 0 Å². The number of likely N-dealkylation sites (N-methyl/N-ethyl adjacent to an activating group) is 1. The number of aromatic nitrogens is 1. The van der Waals surface area contributed by atoms with Crippen molar-refractivity contribution in [2.75, 3.05) is 26.7 Å². The molecule has 3 amide bonds. The predicted octanol–water partition coefficient (Wildman–Crippen LogP) is 6.14. The number of benzene rings is 1. The summed E-state index contributed by atoms with van der Waals surface area (Å²) in [5.74, 6) is -0.435. The maximum atomic E-state index is 14.5. The first kappa shape index (κ1) is 38.6. The molecule has 0 aliphatic carbocycles. The molecule has 1 saturated heterocycles. The number of hydrogen-bond acceptors (Lipinski definition) is 8. The van der Waals surface area contributed by atoms with Gasteiger partial charge in [0.15, 0.2) is 0 Å². The molecule has 0 radical (unpaired) electrons. The van der Waals surface area contributed by atoms with Crippen molar-refractivity contribution in [1.29, 1.82) is 0 Å². The van der Waals surface area contributed by atoms with Gasteiger partial charge in [0, 0.05) is 31.0 Å². The van der Waals surface area contributed by atoms with Gasteiger partial charge in [-0.15, -0.1) is 11.3 Å². The van der Waals surface area contributed by atoms with Crippen LogP contribution in [0.1, 0.15) is 114 Å². The molecule has 47 heavy (non-hydrogen) atoms. The number of piperidine rings is 1. The highest BCUT2D eigenvalue weighted by Gasteiger charge is 2.38. The predicted molar refractivity (Wildman–Crippen MR) is 187 cm³/mol. The molecule has 2 heterocycles. The second-order valence-electron chi connectivity index (χ2n) is 13.1. The molecular formula is C36H57N5O5S. The molecule has 5 atom stereocenters. The molecule has 1 aromatic heterocycles. The van der Waals surface area contributed by atoms with E-state index in [1.54, 1.807) is 5.38 Å². The summed E-state index contributed by atoms with van der Waals surface area (Å²) in [7, 11) is 1.99. The van der Waals surface area contributed by atoms with E-state index in [4.69, 9.17) is 9.57 Å². The van der Waals surface area contributed by atoms with E-state index in [9.17, 15) is 14.4 Å². The third-order valence-electron chi connectivity index (χ3n) is 9.02. The summed E-state index contributed by atoms with van der Waals surface area (Å²) in [6.07, 6.45) is 5.40. The van der Waals surface area contributed by atoms with Crippen molar-refractivity contribution >= 4 is 29.1 Å². The number of carbonyl (C=O) groups is 3. The van der Waals surface area contributed by atoms with Crippen LogP contribution < -0.4 is 10.8 Å². The lowest BCUT2D eigenvalue weighted by Gasteiger charge is -2.40. The van der Waals surface area contributed by atoms with Gasteiger partial charge < -0.3 is 15.0 Å². The summed E-state index contributed by atoms with van der Waals surface area (Å²) in [5, 5.41) is 5.60. The lowest BCUT2D eigenvalue weighted by Crippen LogP contribution is -2.58. The normalized spacial score (nSPS) is 17.9. The Hall–Kier alpha value is -2.86. The molecule has 0 unspecified atom stereocenters. The Morgan fingerprint density at radius 3 is 2.47 bits per heavy atom. The topological polar surface area (TPSA) is 113 Å². The minimum Gasteiger partial charge on any atom is -0.371 e. The molecular weight excluding hydrogens is 614 g/mol. The van der Waals surface area contributed by atoms with Gasteiger partial charge in [-0.25, -0.2) is 10.5 Å². The molecule has 3 rings (SSSR count). The fourth-order valence-electron chi connectivity index (χ4n) is 6.03. The number of thiazole rings is 1. The summed E-state index contributed by atoms with van der Waals surface area (Å²) in [5.41, 5.74) is 3.70. The van der Waals surface area contributed by atoms with E-state index in [2.05, 4.69) is 55.3 Å². The highest BCUT2D eigenvalue weighted by Crippen LogP contribution is 2.32. The van der Waals surface area contributed by atoms with Crippen LogP contribution in [0.4, 0.5) is 0 Å². The van der Waals surface area contributed by atoms with Crippen molar-refractivity contribution in [3.63, 3.8) is 0 Å². The van der Waals surface area contributed by atoms with E-state index >= 15 is 0 Å². The molecule has 0 spiro atoms. The first-order valence-electron chi connectivity index (χ1n) is 17.4. The van der Waals surface area contributed by atoms with Crippen molar-refractivity contribution in [2.45, 2.75) is 117 Å². The average molecular weight is 672 g/mol. The quantitative estimate of drug-likeness (QED) is 0.173. The van der Waals surface area contributed by atoms with Crippen molar-refractivity contribution in [1.82, 2.24) is 25.6 Å². The average Bonchev–Trinajstić information content (AvgIpc) is 3.57. The second-order valence-corrected chi connectivity index (χ2v) is 14.0. The second kappa shape index (κ2) is 19.8. The number of nitrogens with zero attached hydrogens (tertiary/aromatic N) is 3. The number of ether oxygens (including phenoxy) is 1. The van der Waals surface area contributed by atoms with Crippen LogP contribution >= 0.6 is 11.3 Å². The SMILES string of the molecule is CCCO[C@H](C[C@H](C(C)C)N(CCC)C(=O)[C@@H](NC(=O)[C@H]1CCCCN1C)[C@@H](C)CC)c1nc(C(=O)NOCc2ccccc2)cs1. The molecule has 0 bridgehead atoms. The minimum absolute atomic E-state index is 0.0243. The van der Waals surface area contributed by atoms with E-state index in [1.165, 1.54) is 11.3 Å². The van der Waals surface area contributed by atoms with Gasteiger partial charge >= 0.3 is 0 Å². The maximum absolute atomic E-state index is 14.5. The lowest BCUT2D eigenvalue weighted by atomic mass is 9.92. The molecule has 2 aromatic rings. The zero-order valence-electron chi connectivity index (χ0n) is 29.5. The third kappa shape index (κ3) is 11.4. The number of hydroxylamine groups is 1. The van der Waals surface area contributed by atoms with E-state index in [0.29, 0.717) is 24.6 Å². The number of nitrogens with one attached hydrogen (secondary N) is 2. The van der Waals surface area contributed by atoms with Crippen LogP contribution in [0.3, 0.4) is 0 Å². The Balaban J connectivity index is 1.79. The molecule has 1 aromatic carbocycles. The van der Waals surface area contributed by atoms with Crippen molar-refractivity contribution < 1.29 is 24.0 Å². The van der Waals surface area contributed by atoms with Crippen LogP contribution in [0, 0.1) is 11.8 Å². The molecule has 1 fully saturated rings. The molecule has 262 valence electrons. The van der Waals surface area contributed by atoms with Gasteiger partial charge in [-0.05, 0) is 56.7 Å².